The van der Waals surface area contributed by atoms with E-state index in [2.05, 4.69) is 4.98 Å². The summed E-state index contributed by atoms with van der Waals surface area (Å²) in [6, 6.07) is 2.76. The molecule has 0 saturated heterocycles. The fraction of sp³-hybridized carbons (Fsp3) is 0.143. The Bertz CT molecular complexity index is 335. The summed E-state index contributed by atoms with van der Waals surface area (Å²) in [7, 11) is 0. The van der Waals surface area contributed by atoms with Crippen molar-refractivity contribution >= 4 is 12.0 Å². The van der Waals surface area contributed by atoms with E-state index in [0.717, 1.165) is 0 Å². The minimum atomic E-state index is -0.629. The van der Waals surface area contributed by atoms with Crippen LogP contribution in [0, 0.1) is 17.0 Å². The third-order valence-corrected chi connectivity index (χ3v) is 1.35. The van der Waals surface area contributed by atoms with E-state index >= 15 is 0 Å². The topological polar surface area (TPSA) is 73.1 Å². The lowest BCUT2D eigenvalue weighted by Crippen LogP contribution is -1.98. The van der Waals surface area contributed by atoms with Crippen molar-refractivity contribution in [3.8, 4) is 0 Å². The molecule has 1 rings (SSSR count). The summed E-state index contributed by atoms with van der Waals surface area (Å²) in [6.07, 6.45) is 0.380. The molecule has 0 amide bonds. The number of rotatable bonds is 2. The molecule has 62 valence electrons. The number of nitro groups is 1. The first-order chi connectivity index (χ1) is 5.65. The van der Waals surface area contributed by atoms with Gasteiger partial charge in [0.1, 0.15) is 0 Å². The van der Waals surface area contributed by atoms with E-state index in [4.69, 9.17) is 0 Å². The van der Waals surface area contributed by atoms with Crippen LogP contribution < -0.4 is 0 Å². The smallest absolute Gasteiger partial charge is 0.296 e. The first kappa shape index (κ1) is 8.32. The van der Waals surface area contributed by atoms with Crippen molar-refractivity contribution < 1.29 is 9.72 Å². The van der Waals surface area contributed by atoms with Gasteiger partial charge in [-0.1, -0.05) is 0 Å². The Balaban J connectivity index is 3.29. The number of carbonyl (C=O) groups excluding carboxylic acids is 1. The van der Waals surface area contributed by atoms with E-state index in [1.165, 1.54) is 12.1 Å². The lowest BCUT2D eigenvalue weighted by molar-refractivity contribution is -0.385. The zero-order valence-corrected chi connectivity index (χ0v) is 6.35. The molecule has 12 heavy (non-hydrogen) atoms. The van der Waals surface area contributed by atoms with E-state index in [0.29, 0.717) is 12.0 Å². The number of hydrogen-bond acceptors (Lipinski definition) is 4. The van der Waals surface area contributed by atoms with Crippen LogP contribution in [0.5, 0.6) is 0 Å². The fourth-order valence-electron chi connectivity index (χ4n) is 0.811. The summed E-state index contributed by atoms with van der Waals surface area (Å²) in [5, 5.41) is 10.3. The maximum Gasteiger partial charge on any atom is 0.298 e. The molecule has 1 aromatic rings. The van der Waals surface area contributed by atoms with E-state index < -0.39 is 4.92 Å². The molecule has 1 heterocycles. The number of aryl methyl sites for hydroxylation is 1. The minimum Gasteiger partial charge on any atom is -0.296 e. The van der Waals surface area contributed by atoms with Crippen LogP contribution >= 0.6 is 0 Å². The van der Waals surface area contributed by atoms with Crippen molar-refractivity contribution in [1.29, 1.82) is 0 Å². The van der Waals surface area contributed by atoms with Gasteiger partial charge in [-0.2, -0.15) is 0 Å². The Hall–Kier alpha value is -1.78. The van der Waals surface area contributed by atoms with Crippen LogP contribution in [-0.2, 0) is 0 Å². The lowest BCUT2D eigenvalue weighted by Gasteiger charge is -1.95. The number of hydrogen-bond donors (Lipinski definition) is 0. The van der Waals surface area contributed by atoms with Gasteiger partial charge in [-0.3, -0.25) is 14.9 Å². The standard InChI is InChI=1S/C7H6N2O3/c1-5-2-3-7(9(11)12)6(4-10)8-5/h2-4H,1H3. The van der Waals surface area contributed by atoms with Gasteiger partial charge in [0, 0.05) is 11.8 Å². The highest BCUT2D eigenvalue weighted by Crippen LogP contribution is 2.13. The Morgan fingerprint density at radius 1 is 1.58 bits per heavy atom. The molecule has 5 heteroatoms. The monoisotopic (exact) mass is 166 g/mol. The molecule has 0 aliphatic carbocycles. The molecule has 0 aromatic carbocycles. The van der Waals surface area contributed by atoms with Gasteiger partial charge < -0.3 is 0 Å². The zero-order valence-electron chi connectivity index (χ0n) is 6.35. The third kappa shape index (κ3) is 1.45. The fourth-order valence-corrected chi connectivity index (χ4v) is 0.811. The van der Waals surface area contributed by atoms with Crippen molar-refractivity contribution in [3.05, 3.63) is 33.6 Å². The quantitative estimate of drug-likeness (QED) is 0.374. The van der Waals surface area contributed by atoms with Crippen LogP contribution in [0.25, 0.3) is 0 Å². The van der Waals surface area contributed by atoms with E-state index in [1.807, 2.05) is 0 Å². The average molecular weight is 166 g/mol. The Kier molecular flexibility index (Phi) is 2.14. The average Bonchev–Trinajstić information content (AvgIpc) is 2.03. The van der Waals surface area contributed by atoms with Gasteiger partial charge in [0.2, 0.25) is 0 Å². The molecule has 0 atom stereocenters. The summed E-state index contributed by atoms with van der Waals surface area (Å²) in [4.78, 5) is 23.7. The second kappa shape index (κ2) is 3.08. The molecule has 0 aliphatic heterocycles. The highest BCUT2D eigenvalue weighted by atomic mass is 16.6. The van der Waals surface area contributed by atoms with Crippen LogP contribution in [-0.4, -0.2) is 16.2 Å². The molecule has 0 aliphatic rings. The molecular weight excluding hydrogens is 160 g/mol. The maximum absolute atomic E-state index is 10.3. The van der Waals surface area contributed by atoms with Gasteiger partial charge in [0.25, 0.3) is 5.69 Å². The van der Waals surface area contributed by atoms with Gasteiger partial charge in [0.05, 0.1) is 4.92 Å². The Morgan fingerprint density at radius 2 is 2.25 bits per heavy atom. The molecule has 0 saturated carbocycles. The predicted molar refractivity (Wildman–Crippen MR) is 41.0 cm³/mol. The highest BCUT2D eigenvalue weighted by molar-refractivity contribution is 5.78. The van der Waals surface area contributed by atoms with Crippen LogP contribution in [0.4, 0.5) is 5.69 Å². The van der Waals surface area contributed by atoms with Gasteiger partial charge in [0.15, 0.2) is 12.0 Å². The van der Waals surface area contributed by atoms with Crippen LogP contribution in [0.2, 0.25) is 0 Å². The van der Waals surface area contributed by atoms with Gasteiger partial charge >= 0.3 is 0 Å². The molecule has 0 spiro atoms. The van der Waals surface area contributed by atoms with Gasteiger partial charge in [-0.25, -0.2) is 4.98 Å². The SMILES string of the molecule is Cc1ccc([N+](=O)[O-])c(C=O)n1. The van der Waals surface area contributed by atoms with E-state index in [-0.39, 0.29) is 11.4 Å². The predicted octanol–water partition coefficient (Wildman–Crippen LogP) is 1.11. The van der Waals surface area contributed by atoms with Crippen LogP contribution in [0.15, 0.2) is 12.1 Å². The molecule has 0 unspecified atom stereocenters. The van der Waals surface area contributed by atoms with Crippen molar-refractivity contribution in [3.63, 3.8) is 0 Å². The summed E-state index contributed by atoms with van der Waals surface area (Å²) in [6.45, 7) is 1.66. The molecule has 0 bridgehead atoms. The summed E-state index contributed by atoms with van der Waals surface area (Å²) in [5.74, 6) is 0. The summed E-state index contributed by atoms with van der Waals surface area (Å²) >= 11 is 0. The first-order valence-corrected chi connectivity index (χ1v) is 3.22. The third-order valence-electron chi connectivity index (χ3n) is 1.35. The van der Waals surface area contributed by atoms with E-state index in [1.54, 1.807) is 6.92 Å². The van der Waals surface area contributed by atoms with E-state index in [9.17, 15) is 14.9 Å². The normalized spacial score (nSPS) is 9.42. The second-order valence-corrected chi connectivity index (χ2v) is 2.23. The van der Waals surface area contributed by atoms with Crippen molar-refractivity contribution in [2.75, 3.05) is 0 Å². The number of pyridine rings is 1. The zero-order chi connectivity index (χ0) is 9.14. The molecule has 0 radical (unpaired) electrons. The summed E-state index contributed by atoms with van der Waals surface area (Å²) in [5.41, 5.74) is 0.207. The van der Waals surface area contributed by atoms with Crippen molar-refractivity contribution in [2.24, 2.45) is 0 Å². The minimum absolute atomic E-state index is 0.125. The van der Waals surface area contributed by atoms with Crippen LogP contribution in [0.3, 0.4) is 0 Å². The molecule has 1 aromatic heterocycles. The van der Waals surface area contributed by atoms with Crippen molar-refractivity contribution in [1.82, 2.24) is 4.98 Å². The molecule has 0 fully saturated rings. The molecule has 5 nitrogen and oxygen atoms in total. The second-order valence-electron chi connectivity index (χ2n) is 2.23. The molecular formula is C7H6N2O3. The highest BCUT2D eigenvalue weighted by Gasteiger charge is 2.13. The first-order valence-electron chi connectivity index (χ1n) is 3.22. The lowest BCUT2D eigenvalue weighted by atomic mass is 10.3. The summed E-state index contributed by atoms with van der Waals surface area (Å²) < 4.78 is 0. The maximum atomic E-state index is 10.3. The Morgan fingerprint density at radius 3 is 2.75 bits per heavy atom. The van der Waals surface area contributed by atoms with Gasteiger partial charge in [-0.05, 0) is 13.0 Å². The van der Waals surface area contributed by atoms with Crippen molar-refractivity contribution in [2.45, 2.75) is 6.92 Å². The number of nitrogens with zero attached hydrogens (tertiary/aromatic N) is 2. The molecule has 0 N–H and O–H groups in total. The Labute approximate surface area is 68.2 Å². The van der Waals surface area contributed by atoms with Crippen LogP contribution in [0.1, 0.15) is 16.2 Å². The number of aldehydes is 1. The van der Waals surface area contributed by atoms with Gasteiger partial charge in [-0.15, -0.1) is 0 Å². The number of aromatic nitrogens is 1. The number of carbonyl (C=O) groups is 1. The largest absolute Gasteiger partial charge is 0.298 e.